The third kappa shape index (κ3) is 5.10. The molecule has 0 radical (unpaired) electrons. The zero-order valence-corrected chi connectivity index (χ0v) is 18.9. The van der Waals surface area contributed by atoms with Crippen LogP contribution in [0.5, 0.6) is 0 Å². The number of nitrogens with one attached hydrogen (secondary N) is 3. The van der Waals surface area contributed by atoms with Gasteiger partial charge in [0.2, 0.25) is 0 Å². The summed E-state index contributed by atoms with van der Waals surface area (Å²) in [5.41, 5.74) is 9.05. The fourth-order valence-electron chi connectivity index (χ4n) is 5.22. The first-order valence-corrected chi connectivity index (χ1v) is 12.1. The average molecular weight is 452 g/mol. The van der Waals surface area contributed by atoms with Crippen molar-refractivity contribution in [3.63, 3.8) is 0 Å². The van der Waals surface area contributed by atoms with Crippen LogP contribution in [0, 0.1) is 0 Å². The molecular formula is C24H33N7O2. The summed E-state index contributed by atoms with van der Waals surface area (Å²) in [6.07, 6.45) is 8.16. The first kappa shape index (κ1) is 22.1. The van der Waals surface area contributed by atoms with Gasteiger partial charge in [0.05, 0.1) is 5.69 Å². The summed E-state index contributed by atoms with van der Waals surface area (Å²) in [6, 6.07) is 8.99. The van der Waals surface area contributed by atoms with E-state index in [1.165, 1.54) is 15.7 Å². The Kier molecular flexibility index (Phi) is 6.43. The molecule has 1 atom stereocenters. The van der Waals surface area contributed by atoms with Gasteiger partial charge in [0.1, 0.15) is 5.82 Å². The summed E-state index contributed by atoms with van der Waals surface area (Å²) in [6.45, 7) is 2.82. The second kappa shape index (κ2) is 9.62. The number of benzene rings is 1. The number of aromatic nitrogens is 2. The van der Waals surface area contributed by atoms with E-state index in [2.05, 4.69) is 33.1 Å². The molecule has 176 valence electrons. The van der Waals surface area contributed by atoms with E-state index >= 15 is 0 Å². The molecule has 2 amide bonds. The zero-order chi connectivity index (χ0) is 22.8. The highest BCUT2D eigenvalue weighted by Crippen LogP contribution is 2.26. The lowest BCUT2D eigenvalue weighted by atomic mass is 9.91. The van der Waals surface area contributed by atoms with Crippen molar-refractivity contribution in [1.29, 1.82) is 0 Å². The van der Waals surface area contributed by atoms with Crippen molar-refractivity contribution in [1.82, 2.24) is 25.1 Å². The molecule has 5 rings (SSSR count). The van der Waals surface area contributed by atoms with Crippen LogP contribution in [0.25, 0.3) is 5.69 Å². The molecule has 1 unspecified atom stereocenters. The van der Waals surface area contributed by atoms with Crippen molar-refractivity contribution in [2.24, 2.45) is 5.73 Å². The molecule has 9 heteroatoms. The monoisotopic (exact) mass is 451 g/mol. The highest BCUT2D eigenvalue weighted by Gasteiger charge is 2.26. The summed E-state index contributed by atoms with van der Waals surface area (Å²) in [4.78, 5) is 30.9. The first-order valence-electron chi connectivity index (χ1n) is 12.1. The number of hydrogen-bond acceptors (Lipinski definition) is 6. The Morgan fingerprint density at radius 2 is 1.79 bits per heavy atom. The van der Waals surface area contributed by atoms with Crippen molar-refractivity contribution in [3.8, 4) is 5.69 Å². The number of nitrogens with two attached hydrogens (primary N) is 1. The van der Waals surface area contributed by atoms with Crippen LogP contribution in [-0.4, -0.2) is 64.8 Å². The Hall–Kier alpha value is -2.75. The normalized spacial score (nSPS) is 25.0. The maximum absolute atomic E-state index is 12.7. The SMILES string of the molecule is NC1CCC(NC2Cc3ccc(-n4ccc(NC(=O)N5CCNCC5)nc4=O)cc3C2)CC1. The lowest BCUT2D eigenvalue weighted by Crippen LogP contribution is -2.48. The van der Waals surface area contributed by atoms with Gasteiger partial charge in [0.15, 0.2) is 0 Å². The highest BCUT2D eigenvalue weighted by atomic mass is 16.2. The predicted octanol–water partition coefficient (Wildman–Crippen LogP) is 0.996. The molecule has 5 N–H and O–H groups in total. The van der Waals surface area contributed by atoms with Crippen molar-refractivity contribution < 1.29 is 4.79 Å². The Morgan fingerprint density at radius 1 is 1.03 bits per heavy atom. The van der Waals surface area contributed by atoms with Crippen LogP contribution < -0.4 is 27.4 Å². The van der Waals surface area contributed by atoms with Gasteiger partial charge < -0.3 is 21.3 Å². The Bertz CT molecular complexity index is 1060. The fraction of sp³-hybridized carbons (Fsp3) is 0.542. The number of anilines is 1. The number of carbonyl (C=O) groups is 1. The van der Waals surface area contributed by atoms with Gasteiger partial charge in [-0.3, -0.25) is 9.88 Å². The minimum Gasteiger partial charge on any atom is -0.328 e. The number of urea groups is 1. The van der Waals surface area contributed by atoms with E-state index in [9.17, 15) is 9.59 Å². The van der Waals surface area contributed by atoms with Crippen LogP contribution in [0.15, 0.2) is 35.3 Å². The molecule has 1 aromatic heterocycles. The van der Waals surface area contributed by atoms with Crippen molar-refractivity contribution in [2.75, 3.05) is 31.5 Å². The molecule has 3 aliphatic rings. The van der Waals surface area contributed by atoms with Crippen LogP contribution >= 0.6 is 0 Å². The number of carbonyl (C=O) groups excluding carboxylic acids is 1. The number of hydrogen-bond donors (Lipinski definition) is 4. The van der Waals surface area contributed by atoms with E-state index in [0.717, 1.165) is 57.3 Å². The van der Waals surface area contributed by atoms with E-state index in [1.54, 1.807) is 17.2 Å². The topological polar surface area (TPSA) is 117 Å². The summed E-state index contributed by atoms with van der Waals surface area (Å²) < 4.78 is 1.53. The van der Waals surface area contributed by atoms with E-state index < -0.39 is 5.69 Å². The third-order valence-electron chi connectivity index (χ3n) is 7.09. The number of nitrogens with zero attached hydrogens (tertiary/aromatic N) is 3. The largest absolute Gasteiger partial charge is 0.354 e. The lowest BCUT2D eigenvalue weighted by molar-refractivity contribution is 0.204. The molecule has 1 aliphatic heterocycles. The molecule has 1 saturated carbocycles. The van der Waals surface area contributed by atoms with Gasteiger partial charge in [0, 0.05) is 50.5 Å². The molecule has 33 heavy (non-hydrogen) atoms. The summed E-state index contributed by atoms with van der Waals surface area (Å²) >= 11 is 0. The van der Waals surface area contributed by atoms with Gasteiger partial charge in [-0.1, -0.05) is 6.07 Å². The standard InChI is InChI=1S/C24H33N7O2/c25-18-2-4-19(5-3-18)27-20-13-16-1-6-21(15-17(16)14-20)31-10-7-22(29-24(31)33)28-23(32)30-11-8-26-9-12-30/h1,6-7,10,15,18-20,26-27H,2-5,8-9,11-14,25H2,(H,28,29,32,33). The van der Waals surface area contributed by atoms with Gasteiger partial charge in [-0.15, -0.1) is 0 Å². The van der Waals surface area contributed by atoms with Gasteiger partial charge in [-0.05, 0) is 67.9 Å². The smallest absolute Gasteiger partial charge is 0.328 e. The zero-order valence-electron chi connectivity index (χ0n) is 18.9. The van der Waals surface area contributed by atoms with Crippen LogP contribution in [0.4, 0.5) is 10.6 Å². The first-order chi connectivity index (χ1) is 16.0. The summed E-state index contributed by atoms with van der Waals surface area (Å²) in [5, 5.41) is 9.77. The Labute approximate surface area is 193 Å². The van der Waals surface area contributed by atoms with Crippen LogP contribution in [0.2, 0.25) is 0 Å². The van der Waals surface area contributed by atoms with E-state index in [-0.39, 0.29) is 11.8 Å². The molecule has 0 spiro atoms. The molecule has 2 aliphatic carbocycles. The summed E-state index contributed by atoms with van der Waals surface area (Å²) in [7, 11) is 0. The van der Waals surface area contributed by atoms with Gasteiger partial charge in [-0.25, -0.2) is 9.59 Å². The van der Waals surface area contributed by atoms with Gasteiger partial charge >= 0.3 is 11.7 Å². The van der Waals surface area contributed by atoms with Crippen molar-refractivity contribution in [2.45, 2.75) is 56.7 Å². The summed E-state index contributed by atoms with van der Waals surface area (Å²) in [5.74, 6) is 0.275. The van der Waals surface area contributed by atoms with E-state index in [0.29, 0.717) is 31.2 Å². The molecule has 1 saturated heterocycles. The number of rotatable bonds is 4. The minimum atomic E-state index is -0.403. The quantitative estimate of drug-likeness (QED) is 0.551. The predicted molar refractivity (Wildman–Crippen MR) is 128 cm³/mol. The maximum Gasteiger partial charge on any atom is 0.354 e. The van der Waals surface area contributed by atoms with Crippen LogP contribution in [0.1, 0.15) is 36.8 Å². The van der Waals surface area contributed by atoms with Gasteiger partial charge in [-0.2, -0.15) is 4.98 Å². The molecule has 2 fully saturated rings. The van der Waals surface area contributed by atoms with Crippen molar-refractivity contribution in [3.05, 3.63) is 52.1 Å². The number of fused-ring (bicyclic) bond motifs is 1. The second-order valence-electron chi connectivity index (χ2n) is 9.47. The average Bonchev–Trinajstić information content (AvgIpc) is 3.23. The minimum absolute atomic E-state index is 0.225. The lowest BCUT2D eigenvalue weighted by Gasteiger charge is -2.29. The number of amides is 2. The van der Waals surface area contributed by atoms with Crippen molar-refractivity contribution >= 4 is 11.8 Å². The third-order valence-corrected chi connectivity index (χ3v) is 7.09. The fourth-order valence-corrected chi connectivity index (χ4v) is 5.22. The Balaban J connectivity index is 1.23. The van der Waals surface area contributed by atoms with E-state index in [4.69, 9.17) is 5.73 Å². The van der Waals surface area contributed by atoms with Crippen LogP contribution in [-0.2, 0) is 12.8 Å². The van der Waals surface area contributed by atoms with Crippen LogP contribution in [0.3, 0.4) is 0 Å². The molecule has 0 bridgehead atoms. The molecule has 9 nitrogen and oxygen atoms in total. The molecule has 2 aromatic rings. The molecule has 1 aromatic carbocycles. The number of piperazine rings is 1. The second-order valence-corrected chi connectivity index (χ2v) is 9.47. The van der Waals surface area contributed by atoms with Gasteiger partial charge in [0.25, 0.3) is 0 Å². The Morgan fingerprint density at radius 3 is 2.55 bits per heavy atom. The highest BCUT2D eigenvalue weighted by molar-refractivity contribution is 5.88. The van der Waals surface area contributed by atoms with E-state index in [1.807, 2.05) is 6.07 Å². The molecule has 2 heterocycles. The maximum atomic E-state index is 12.7. The molecular weight excluding hydrogens is 418 g/mol.